The van der Waals surface area contributed by atoms with E-state index in [9.17, 15) is 4.39 Å². The molecule has 2 nitrogen and oxygen atoms in total. The minimum atomic E-state index is -0.126. The Labute approximate surface area is 118 Å². The van der Waals surface area contributed by atoms with Gasteiger partial charge in [-0.2, -0.15) is 0 Å². The van der Waals surface area contributed by atoms with Gasteiger partial charge in [-0.1, -0.05) is 36.4 Å². The van der Waals surface area contributed by atoms with Crippen molar-refractivity contribution in [2.75, 3.05) is 13.1 Å². The molecule has 0 fully saturated rings. The quantitative estimate of drug-likeness (QED) is 0.844. The lowest BCUT2D eigenvalue weighted by Gasteiger charge is -2.12. The average molecular weight is 271 g/mol. The molecular weight excluding hydrogens is 253 g/mol. The van der Waals surface area contributed by atoms with E-state index >= 15 is 0 Å². The summed E-state index contributed by atoms with van der Waals surface area (Å²) in [4.78, 5) is 0. The lowest BCUT2D eigenvalue weighted by atomic mass is 10.1. The van der Waals surface area contributed by atoms with E-state index in [0.717, 1.165) is 30.8 Å². The van der Waals surface area contributed by atoms with Crippen LogP contribution in [-0.4, -0.2) is 19.2 Å². The SMILES string of the molecule is Fc1ccccc1CCNCC1Cc2ccccc2O1. The molecule has 0 aromatic heterocycles. The second kappa shape index (κ2) is 6.06. The van der Waals surface area contributed by atoms with Crippen LogP contribution in [0.25, 0.3) is 0 Å². The summed E-state index contributed by atoms with van der Waals surface area (Å²) in [7, 11) is 0. The van der Waals surface area contributed by atoms with Gasteiger partial charge in [-0.3, -0.25) is 0 Å². The Morgan fingerprint density at radius 3 is 2.75 bits per heavy atom. The molecule has 3 heteroatoms. The molecule has 1 aliphatic rings. The Morgan fingerprint density at radius 2 is 1.90 bits per heavy atom. The van der Waals surface area contributed by atoms with Crippen molar-refractivity contribution >= 4 is 0 Å². The lowest BCUT2D eigenvalue weighted by molar-refractivity contribution is 0.228. The third-order valence-electron chi connectivity index (χ3n) is 3.61. The van der Waals surface area contributed by atoms with Gasteiger partial charge in [0.1, 0.15) is 17.7 Å². The molecule has 104 valence electrons. The van der Waals surface area contributed by atoms with Crippen molar-refractivity contribution < 1.29 is 9.13 Å². The number of halogens is 1. The second-order valence-electron chi connectivity index (χ2n) is 5.10. The van der Waals surface area contributed by atoms with Gasteiger partial charge in [0.2, 0.25) is 0 Å². The molecule has 1 N–H and O–H groups in total. The van der Waals surface area contributed by atoms with Crippen molar-refractivity contribution in [1.29, 1.82) is 0 Å². The smallest absolute Gasteiger partial charge is 0.126 e. The zero-order chi connectivity index (χ0) is 13.8. The van der Waals surface area contributed by atoms with Crippen molar-refractivity contribution in [3.8, 4) is 5.75 Å². The predicted molar refractivity (Wildman–Crippen MR) is 77.5 cm³/mol. The van der Waals surface area contributed by atoms with E-state index in [1.54, 1.807) is 6.07 Å². The Morgan fingerprint density at radius 1 is 1.10 bits per heavy atom. The van der Waals surface area contributed by atoms with E-state index in [2.05, 4.69) is 11.4 Å². The van der Waals surface area contributed by atoms with Crippen LogP contribution >= 0.6 is 0 Å². The molecule has 1 atom stereocenters. The Balaban J connectivity index is 1.43. The maximum atomic E-state index is 13.4. The van der Waals surface area contributed by atoms with Crippen LogP contribution in [0.4, 0.5) is 4.39 Å². The third-order valence-corrected chi connectivity index (χ3v) is 3.61. The average Bonchev–Trinajstić information content (AvgIpc) is 2.88. The van der Waals surface area contributed by atoms with Crippen LogP contribution in [0.2, 0.25) is 0 Å². The van der Waals surface area contributed by atoms with Crippen molar-refractivity contribution in [3.63, 3.8) is 0 Å². The molecule has 0 spiro atoms. The highest BCUT2D eigenvalue weighted by molar-refractivity contribution is 5.37. The highest BCUT2D eigenvalue weighted by Gasteiger charge is 2.21. The van der Waals surface area contributed by atoms with E-state index in [0.29, 0.717) is 6.42 Å². The van der Waals surface area contributed by atoms with Gasteiger partial charge in [0.05, 0.1) is 0 Å². The van der Waals surface area contributed by atoms with Crippen LogP contribution in [-0.2, 0) is 12.8 Å². The van der Waals surface area contributed by atoms with Crippen molar-refractivity contribution in [3.05, 3.63) is 65.5 Å². The number of nitrogens with one attached hydrogen (secondary N) is 1. The summed E-state index contributed by atoms with van der Waals surface area (Å²) in [6.45, 7) is 1.56. The van der Waals surface area contributed by atoms with Gasteiger partial charge in [-0.15, -0.1) is 0 Å². The molecule has 0 amide bonds. The summed E-state index contributed by atoms with van der Waals surface area (Å²) < 4.78 is 19.3. The molecule has 1 unspecified atom stereocenters. The summed E-state index contributed by atoms with van der Waals surface area (Å²) in [5, 5.41) is 3.35. The first-order chi connectivity index (χ1) is 9.83. The number of rotatable bonds is 5. The van der Waals surface area contributed by atoms with E-state index in [-0.39, 0.29) is 11.9 Å². The molecule has 0 radical (unpaired) electrons. The number of hydrogen-bond acceptors (Lipinski definition) is 2. The van der Waals surface area contributed by atoms with E-state index in [4.69, 9.17) is 4.74 Å². The molecule has 2 aromatic carbocycles. The standard InChI is InChI=1S/C17H18FNO/c18-16-7-3-1-5-13(16)9-10-19-12-15-11-14-6-2-4-8-17(14)20-15/h1-8,15,19H,9-12H2. The zero-order valence-corrected chi connectivity index (χ0v) is 11.3. The minimum Gasteiger partial charge on any atom is -0.488 e. The topological polar surface area (TPSA) is 21.3 Å². The van der Waals surface area contributed by atoms with Crippen LogP contribution in [0.3, 0.4) is 0 Å². The normalized spacial score (nSPS) is 16.8. The highest BCUT2D eigenvalue weighted by Crippen LogP contribution is 2.27. The first kappa shape index (κ1) is 13.1. The van der Waals surface area contributed by atoms with Gasteiger partial charge in [0.25, 0.3) is 0 Å². The molecule has 2 aromatic rings. The van der Waals surface area contributed by atoms with Crippen LogP contribution < -0.4 is 10.1 Å². The number of para-hydroxylation sites is 1. The molecule has 0 saturated carbocycles. The van der Waals surface area contributed by atoms with Crippen LogP contribution in [0.5, 0.6) is 5.75 Å². The summed E-state index contributed by atoms with van der Waals surface area (Å²) in [6.07, 6.45) is 1.84. The fourth-order valence-electron chi connectivity index (χ4n) is 2.56. The van der Waals surface area contributed by atoms with Gasteiger partial charge in [-0.25, -0.2) is 4.39 Å². The fraction of sp³-hybridized carbons (Fsp3) is 0.294. The van der Waals surface area contributed by atoms with Gasteiger partial charge in [0, 0.05) is 13.0 Å². The molecule has 1 aliphatic heterocycles. The minimum absolute atomic E-state index is 0.126. The molecule has 0 bridgehead atoms. The number of benzene rings is 2. The largest absolute Gasteiger partial charge is 0.488 e. The van der Waals surface area contributed by atoms with E-state index < -0.39 is 0 Å². The Hall–Kier alpha value is -1.87. The number of fused-ring (bicyclic) bond motifs is 1. The maximum Gasteiger partial charge on any atom is 0.126 e. The van der Waals surface area contributed by atoms with Gasteiger partial charge in [-0.05, 0) is 36.2 Å². The first-order valence-electron chi connectivity index (χ1n) is 7.01. The molecule has 1 heterocycles. The van der Waals surface area contributed by atoms with Crippen LogP contribution in [0, 0.1) is 5.82 Å². The van der Waals surface area contributed by atoms with Gasteiger partial charge < -0.3 is 10.1 Å². The number of hydrogen-bond donors (Lipinski definition) is 1. The summed E-state index contributed by atoms with van der Waals surface area (Å²) in [5.41, 5.74) is 2.03. The lowest BCUT2D eigenvalue weighted by Crippen LogP contribution is -2.31. The molecular formula is C17H18FNO. The summed E-state index contributed by atoms with van der Waals surface area (Å²) >= 11 is 0. The van der Waals surface area contributed by atoms with E-state index in [1.165, 1.54) is 11.6 Å². The second-order valence-corrected chi connectivity index (χ2v) is 5.10. The first-order valence-corrected chi connectivity index (χ1v) is 7.01. The van der Waals surface area contributed by atoms with Crippen molar-refractivity contribution in [1.82, 2.24) is 5.32 Å². The predicted octanol–water partition coefficient (Wildman–Crippen LogP) is 2.96. The highest BCUT2D eigenvalue weighted by atomic mass is 19.1. The number of ether oxygens (including phenoxy) is 1. The molecule has 20 heavy (non-hydrogen) atoms. The summed E-state index contributed by atoms with van der Waals surface area (Å²) in [6, 6.07) is 15.1. The van der Waals surface area contributed by atoms with Crippen molar-refractivity contribution in [2.24, 2.45) is 0 Å². The van der Waals surface area contributed by atoms with Crippen LogP contribution in [0.15, 0.2) is 48.5 Å². The third kappa shape index (κ3) is 2.99. The Kier molecular flexibility index (Phi) is 3.97. The monoisotopic (exact) mass is 271 g/mol. The van der Waals surface area contributed by atoms with Crippen molar-refractivity contribution in [2.45, 2.75) is 18.9 Å². The van der Waals surface area contributed by atoms with Crippen LogP contribution in [0.1, 0.15) is 11.1 Å². The fourth-order valence-corrected chi connectivity index (χ4v) is 2.56. The molecule has 0 saturated heterocycles. The zero-order valence-electron chi connectivity index (χ0n) is 11.3. The van der Waals surface area contributed by atoms with E-state index in [1.807, 2.05) is 30.3 Å². The Bertz CT molecular complexity index is 560. The van der Waals surface area contributed by atoms with Gasteiger partial charge in [0.15, 0.2) is 0 Å². The van der Waals surface area contributed by atoms with Gasteiger partial charge >= 0.3 is 0 Å². The maximum absolute atomic E-state index is 13.4. The summed E-state index contributed by atoms with van der Waals surface area (Å²) in [5.74, 6) is 0.868. The molecule has 3 rings (SSSR count). The molecule has 0 aliphatic carbocycles.